The smallest absolute Gasteiger partial charge is 0.148 e. The maximum atomic E-state index is 4.30. The van der Waals surface area contributed by atoms with E-state index in [2.05, 4.69) is 54.3 Å². The van der Waals surface area contributed by atoms with Crippen molar-refractivity contribution < 1.29 is 0 Å². The Labute approximate surface area is 141 Å². The van der Waals surface area contributed by atoms with E-state index in [0.717, 1.165) is 19.7 Å². The summed E-state index contributed by atoms with van der Waals surface area (Å²) in [4.78, 5) is 8.49. The number of aryl methyl sites for hydroxylation is 1. The first-order valence-corrected chi connectivity index (χ1v) is 8.76. The fraction of sp³-hybridized carbons (Fsp3) is 0.0667. The van der Waals surface area contributed by atoms with Gasteiger partial charge in [0.05, 0.1) is 20.4 Å². The predicted octanol–water partition coefficient (Wildman–Crippen LogP) is 5.48. The number of thiol groups is 2. The molecule has 0 N–H and O–H groups in total. The fourth-order valence-electron chi connectivity index (χ4n) is 1.93. The quantitative estimate of drug-likeness (QED) is 0.412. The SMILES string of the molecule is Cc1cccc2sc(S)nc12.Sc1nc2ccccc2s1. The number of rotatable bonds is 0. The Balaban J connectivity index is 0.000000126. The largest absolute Gasteiger partial charge is 0.230 e. The molecule has 4 aromatic rings. The maximum absolute atomic E-state index is 4.30. The van der Waals surface area contributed by atoms with Crippen LogP contribution in [0.15, 0.2) is 51.1 Å². The number of hydrogen-bond donors (Lipinski definition) is 2. The highest BCUT2D eigenvalue weighted by Gasteiger charge is 2.01. The minimum absolute atomic E-state index is 0.834. The van der Waals surface area contributed by atoms with E-state index < -0.39 is 0 Å². The molecule has 0 atom stereocenters. The van der Waals surface area contributed by atoms with Crippen molar-refractivity contribution in [3.05, 3.63) is 48.0 Å². The van der Waals surface area contributed by atoms with E-state index in [1.807, 2.05) is 30.3 Å². The highest BCUT2D eigenvalue weighted by molar-refractivity contribution is 7.83. The molecule has 21 heavy (non-hydrogen) atoms. The van der Waals surface area contributed by atoms with E-state index in [-0.39, 0.29) is 0 Å². The third kappa shape index (κ3) is 3.40. The molecule has 4 rings (SSSR count). The van der Waals surface area contributed by atoms with Crippen LogP contribution in [0.3, 0.4) is 0 Å². The summed E-state index contributed by atoms with van der Waals surface area (Å²) in [5, 5.41) is 0. The van der Waals surface area contributed by atoms with Gasteiger partial charge in [0.2, 0.25) is 0 Å². The minimum Gasteiger partial charge on any atom is -0.230 e. The van der Waals surface area contributed by atoms with Crippen LogP contribution in [0.4, 0.5) is 0 Å². The van der Waals surface area contributed by atoms with Gasteiger partial charge in [0, 0.05) is 0 Å². The van der Waals surface area contributed by atoms with Crippen molar-refractivity contribution in [1.82, 2.24) is 9.97 Å². The Morgan fingerprint density at radius 3 is 2.24 bits per heavy atom. The molecule has 2 aromatic carbocycles. The van der Waals surface area contributed by atoms with Gasteiger partial charge < -0.3 is 0 Å². The zero-order valence-corrected chi connectivity index (χ0v) is 14.6. The summed E-state index contributed by atoms with van der Waals surface area (Å²) in [5.74, 6) is 0. The second-order valence-corrected chi connectivity index (χ2v) is 7.90. The molecule has 0 aliphatic heterocycles. The zero-order valence-electron chi connectivity index (χ0n) is 11.1. The normalized spacial score (nSPS) is 10.6. The number of benzene rings is 2. The van der Waals surface area contributed by atoms with Gasteiger partial charge in [0.25, 0.3) is 0 Å². The lowest BCUT2D eigenvalue weighted by Crippen LogP contribution is -1.73. The van der Waals surface area contributed by atoms with Gasteiger partial charge in [-0.2, -0.15) is 0 Å². The maximum Gasteiger partial charge on any atom is 0.148 e. The molecule has 2 nitrogen and oxygen atoms in total. The molecule has 0 saturated heterocycles. The lowest BCUT2D eigenvalue weighted by atomic mass is 10.2. The van der Waals surface area contributed by atoms with Crippen LogP contribution < -0.4 is 0 Å². The van der Waals surface area contributed by atoms with Gasteiger partial charge in [0.1, 0.15) is 8.68 Å². The predicted molar refractivity (Wildman–Crippen MR) is 98.5 cm³/mol. The van der Waals surface area contributed by atoms with Crippen LogP contribution >= 0.6 is 47.9 Å². The third-order valence-corrected chi connectivity index (χ3v) is 5.30. The number of hydrogen-bond acceptors (Lipinski definition) is 6. The van der Waals surface area contributed by atoms with Gasteiger partial charge in [-0.25, -0.2) is 9.97 Å². The van der Waals surface area contributed by atoms with Crippen molar-refractivity contribution in [1.29, 1.82) is 0 Å². The van der Waals surface area contributed by atoms with Gasteiger partial charge in [-0.15, -0.1) is 47.9 Å². The van der Waals surface area contributed by atoms with Crippen LogP contribution in [-0.4, -0.2) is 9.97 Å². The average molecular weight is 349 g/mol. The first-order valence-electron chi connectivity index (χ1n) is 6.23. The molecule has 6 heteroatoms. The molecule has 0 aliphatic rings. The molecular weight excluding hydrogens is 336 g/mol. The Bertz CT molecular complexity index is 862. The molecule has 0 spiro atoms. The van der Waals surface area contributed by atoms with Crippen molar-refractivity contribution in [3.63, 3.8) is 0 Å². The summed E-state index contributed by atoms with van der Waals surface area (Å²) < 4.78 is 4.10. The fourth-order valence-corrected chi connectivity index (χ4v) is 4.22. The molecule has 0 saturated carbocycles. The van der Waals surface area contributed by atoms with Crippen LogP contribution in [0, 0.1) is 6.92 Å². The number of fused-ring (bicyclic) bond motifs is 2. The monoisotopic (exact) mass is 348 g/mol. The highest BCUT2D eigenvalue weighted by Crippen LogP contribution is 2.26. The van der Waals surface area contributed by atoms with E-state index in [1.165, 1.54) is 15.0 Å². The Hall–Kier alpha value is -1.08. The lowest BCUT2D eigenvalue weighted by molar-refractivity contribution is 1.29. The van der Waals surface area contributed by atoms with Crippen LogP contribution in [0.25, 0.3) is 20.4 Å². The van der Waals surface area contributed by atoms with E-state index in [1.54, 1.807) is 22.7 Å². The number of para-hydroxylation sites is 2. The molecular formula is C15H12N2S4. The summed E-state index contributed by atoms with van der Waals surface area (Å²) in [5.41, 5.74) is 3.35. The third-order valence-electron chi connectivity index (χ3n) is 2.89. The zero-order chi connectivity index (χ0) is 14.8. The number of aromatic nitrogens is 2. The molecule has 0 amide bonds. The number of nitrogens with zero attached hydrogens (tertiary/aromatic N) is 2. The average Bonchev–Trinajstić information content (AvgIpc) is 3.01. The Morgan fingerprint density at radius 1 is 0.810 bits per heavy atom. The van der Waals surface area contributed by atoms with Gasteiger partial charge in [0.15, 0.2) is 0 Å². The lowest BCUT2D eigenvalue weighted by Gasteiger charge is -1.90. The molecule has 2 heterocycles. The topological polar surface area (TPSA) is 25.8 Å². The van der Waals surface area contributed by atoms with E-state index in [0.29, 0.717) is 0 Å². The molecule has 0 unspecified atom stereocenters. The summed E-state index contributed by atoms with van der Waals surface area (Å²) in [7, 11) is 0. The van der Waals surface area contributed by atoms with Crippen molar-refractivity contribution in [2.45, 2.75) is 15.6 Å². The number of thiazole rings is 2. The summed E-state index contributed by atoms with van der Waals surface area (Å²) in [6.45, 7) is 2.06. The van der Waals surface area contributed by atoms with Crippen molar-refractivity contribution in [2.75, 3.05) is 0 Å². The van der Waals surface area contributed by atoms with Crippen LogP contribution in [0.5, 0.6) is 0 Å². The van der Waals surface area contributed by atoms with E-state index in [9.17, 15) is 0 Å². The van der Waals surface area contributed by atoms with Gasteiger partial charge in [-0.3, -0.25) is 0 Å². The Morgan fingerprint density at radius 2 is 1.48 bits per heavy atom. The van der Waals surface area contributed by atoms with E-state index in [4.69, 9.17) is 0 Å². The Kier molecular flexibility index (Phi) is 4.49. The second kappa shape index (κ2) is 6.36. The highest BCUT2D eigenvalue weighted by atomic mass is 32.2. The van der Waals surface area contributed by atoms with Gasteiger partial charge in [-0.1, -0.05) is 24.3 Å². The van der Waals surface area contributed by atoms with Crippen molar-refractivity contribution >= 4 is 68.4 Å². The summed E-state index contributed by atoms with van der Waals surface area (Å²) >= 11 is 11.6. The molecule has 0 radical (unpaired) electrons. The van der Waals surface area contributed by atoms with Crippen molar-refractivity contribution in [2.24, 2.45) is 0 Å². The first-order chi connectivity index (χ1) is 10.1. The summed E-state index contributed by atoms with van der Waals surface area (Å²) in [6.07, 6.45) is 0. The van der Waals surface area contributed by atoms with Crippen LogP contribution in [0.1, 0.15) is 5.56 Å². The first kappa shape index (κ1) is 14.8. The van der Waals surface area contributed by atoms with Gasteiger partial charge >= 0.3 is 0 Å². The van der Waals surface area contributed by atoms with Crippen LogP contribution in [0.2, 0.25) is 0 Å². The van der Waals surface area contributed by atoms with Crippen molar-refractivity contribution in [3.8, 4) is 0 Å². The molecule has 106 valence electrons. The molecule has 0 aliphatic carbocycles. The molecule has 2 aromatic heterocycles. The van der Waals surface area contributed by atoms with Crippen LogP contribution in [-0.2, 0) is 0 Å². The molecule has 0 fully saturated rings. The summed E-state index contributed by atoms with van der Waals surface area (Å²) in [6, 6.07) is 14.2. The van der Waals surface area contributed by atoms with Gasteiger partial charge in [-0.05, 0) is 30.7 Å². The van der Waals surface area contributed by atoms with E-state index >= 15 is 0 Å². The molecule has 0 bridgehead atoms. The minimum atomic E-state index is 0.834. The standard InChI is InChI=1S/C8H7NS2.C7H5NS2/c1-5-3-2-4-6-7(5)9-8(10)11-6;9-7-8-5-3-1-2-4-6(5)10-7/h2-4H,1H3,(H,9,10);1-4H,(H,8,9). The second-order valence-electron chi connectivity index (χ2n) is 4.38.